The fourth-order valence-corrected chi connectivity index (χ4v) is 5.55. The van der Waals surface area contributed by atoms with Crippen LogP contribution in [-0.4, -0.2) is 86.6 Å². The Bertz CT molecular complexity index is 1550. The Morgan fingerprint density at radius 2 is 1.84 bits per heavy atom. The number of carboxylic acid groups (broad SMARTS) is 1. The molecular formula is C29H37N5O8S. The van der Waals surface area contributed by atoms with Crippen molar-refractivity contribution in [1.82, 2.24) is 19.4 Å². The van der Waals surface area contributed by atoms with Gasteiger partial charge in [-0.05, 0) is 55.8 Å². The third kappa shape index (κ3) is 7.70. The van der Waals surface area contributed by atoms with E-state index in [1.54, 1.807) is 31.2 Å². The molecule has 3 aromatic rings. The summed E-state index contributed by atoms with van der Waals surface area (Å²) in [5, 5.41) is 16.8. The summed E-state index contributed by atoms with van der Waals surface area (Å²) in [7, 11) is -2.63. The summed E-state index contributed by atoms with van der Waals surface area (Å²) in [5.74, 6) is -1.27. The number of carbonyl (C=O) groups is 2. The van der Waals surface area contributed by atoms with Crippen molar-refractivity contribution in [3.8, 4) is 23.1 Å². The molecule has 1 amide bonds. The smallest absolute Gasteiger partial charge is 0.356 e. The van der Waals surface area contributed by atoms with E-state index in [0.29, 0.717) is 50.7 Å². The maximum atomic E-state index is 13.7. The summed E-state index contributed by atoms with van der Waals surface area (Å²) >= 11 is 0. The van der Waals surface area contributed by atoms with Crippen LogP contribution in [0.15, 0.2) is 47.4 Å². The minimum atomic E-state index is -4.15. The number of aromatic carboxylic acids is 1. The average Bonchev–Trinajstić information content (AvgIpc) is 3.33. The third-order valence-corrected chi connectivity index (χ3v) is 8.66. The molecule has 0 radical (unpaired) electrons. The second kappa shape index (κ2) is 14.0. The van der Waals surface area contributed by atoms with Gasteiger partial charge in [-0.3, -0.25) is 9.69 Å². The van der Waals surface area contributed by atoms with Crippen molar-refractivity contribution < 1.29 is 37.3 Å². The number of morpholine rings is 1. The maximum Gasteiger partial charge on any atom is 0.356 e. The van der Waals surface area contributed by atoms with Gasteiger partial charge >= 0.3 is 5.97 Å². The molecule has 2 aromatic carbocycles. The van der Waals surface area contributed by atoms with E-state index in [1.807, 2.05) is 6.92 Å². The number of anilines is 1. The van der Waals surface area contributed by atoms with Gasteiger partial charge in [0.2, 0.25) is 21.8 Å². The van der Waals surface area contributed by atoms with Gasteiger partial charge in [0, 0.05) is 43.3 Å². The zero-order chi connectivity index (χ0) is 31.1. The van der Waals surface area contributed by atoms with Gasteiger partial charge in [-0.25, -0.2) is 17.9 Å². The van der Waals surface area contributed by atoms with Gasteiger partial charge in [-0.2, -0.15) is 9.78 Å². The van der Waals surface area contributed by atoms with E-state index in [9.17, 15) is 23.1 Å². The highest BCUT2D eigenvalue weighted by Gasteiger charge is 2.27. The first-order valence-electron chi connectivity index (χ1n) is 13.9. The molecule has 232 valence electrons. The molecule has 2 heterocycles. The minimum Gasteiger partial charge on any atom is -0.497 e. The lowest BCUT2D eigenvalue weighted by molar-refractivity contribution is -0.119. The number of hydrogen-bond donors (Lipinski definition) is 3. The highest BCUT2D eigenvalue weighted by molar-refractivity contribution is 7.89. The molecule has 0 unspecified atom stereocenters. The molecule has 0 spiro atoms. The number of ether oxygens (including phenoxy) is 3. The summed E-state index contributed by atoms with van der Waals surface area (Å²) in [4.78, 5) is 26.4. The Hall–Kier alpha value is -3.98. The maximum absolute atomic E-state index is 13.7. The molecule has 4 rings (SSSR count). The first kappa shape index (κ1) is 31.9. The summed E-state index contributed by atoms with van der Waals surface area (Å²) in [6.07, 6.45) is 0.613. The molecule has 0 saturated carbocycles. The molecular weight excluding hydrogens is 578 g/mol. The van der Waals surface area contributed by atoms with Crippen LogP contribution in [0.4, 0.5) is 5.69 Å². The normalized spacial score (nSPS) is 14.7. The quantitative estimate of drug-likeness (QED) is 0.260. The number of carbonyl (C=O) groups excluding carboxylic acids is 1. The number of hydrogen-bond acceptors (Lipinski definition) is 9. The Balaban J connectivity index is 1.72. The lowest BCUT2D eigenvalue weighted by atomic mass is 10.1. The number of aromatic nitrogens is 2. The number of sulfonamides is 1. The van der Waals surface area contributed by atoms with Crippen LogP contribution in [0.3, 0.4) is 0 Å². The Kier molecular flexibility index (Phi) is 10.4. The number of rotatable bonds is 13. The van der Waals surface area contributed by atoms with E-state index in [-0.39, 0.29) is 51.8 Å². The third-order valence-electron chi connectivity index (χ3n) is 7.18. The van der Waals surface area contributed by atoms with E-state index in [0.717, 1.165) is 0 Å². The predicted octanol–water partition coefficient (Wildman–Crippen LogP) is 3.27. The zero-order valence-corrected chi connectivity index (χ0v) is 25.4. The summed E-state index contributed by atoms with van der Waals surface area (Å²) in [6, 6.07) is 11.0. The van der Waals surface area contributed by atoms with Crippen LogP contribution < -0.4 is 19.5 Å². The van der Waals surface area contributed by atoms with Gasteiger partial charge in [0.05, 0.1) is 26.0 Å². The standard InChI is InChI=1S/C29H37N5O8S/c1-5-19(2)27(35)31-21-6-11-24(25(18-21)43(38,39)30-12-13-33-14-16-41-17-15-33)42-28-20(3)26(29(36)37)32-34(28)22-7-9-23(40-4)10-8-22/h6-11,18-19,30H,5,12-17H2,1-4H3,(H,31,35)(H,36,37)/t19-/m0/s1. The first-order chi connectivity index (χ1) is 20.5. The molecule has 1 atom stereocenters. The van der Waals surface area contributed by atoms with Crippen molar-refractivity contribution in [2.45, 2.75) is 32.1 Å². The van der Waals surface area contributed by atoms with Gasteiger partial charge in [0.25, 0.3) is 0 Å². The molecule has 3 N–H and O–H groups in total. The van der Waals surface area contributed by atoms with Crippen molar-refractivity contribution in [3.63, 3.8) is 0 Å². The second-order valence-electron chi connectivity index (χ2n) is 10.1. The Morgan fingerprint density at radius 1 is 1.14 bits per heavy atom. The van der Waals surface area contributed by atoms with Crippen LogP contribution in [0.5, 0.6) is 17.4 Å². The van der Waals surface area contributed by atoms with Crippen LogP contribution in [0.25, 0.3) is 5.69 Å². The SMILES string of the molecule is CC[C@H](C)C(=O)Nc1ccc(Oc2c(C)c(C(=O)O)nn2-c2ccc(OC)cc2)c(S(=O)(=O)NCCN2CCOCC2)c1. The Morgan fingerprint density at radius 3 is 2.47 bits per heavy atom. The summed E-state index contributed by atoms with van der Waals surface area (Å²) in [6.45, 7) is 8.38. The minimum absolute atomic E-state index is 0.0173. The molecule has 0 bridgehead atoms. The van der Waals surface area contributed by atoms with Gasteiger partial charge in [0.15, 0.2) is 5.69 Å². The lowest BCUT2D eigenvalue weighted by Gasteiger charge is -2.26. The van der Waals surface area contributed by atoms with Crippen molar-refractivity contribution >= 4 is 27.6 Å². The van der Waals surface area contributed by atoms with Crippen LogP contribution in [-0.2, 0) is 19.6 Å². The number of amides is 1. The van der Waals surface area contributed by atoms with Crippen molar-refractivity contribution in [1.29, 1.82) is 0 Å². The highest BCUT2D eigenvalue weighted by atomic mass is 32.2. The van der Waals surface area contributed by atoms with Crippen molar-refractivity contribution in [2.24, 2.45) is 5.92 Å². The topological polar surface area (TPSA) is 161 Å². The molecule has 0 aliphatic carbocycles. The van der Waals surface area contributed by atoms with E-state index in [4.69, 9.17) is 14.2 Å². The molecule has 1 aliphatic heterocycles. The van der Waals surface area contributed by atoms with Crippen molar-refractivity contribution in [3.05, 3.63) is 53.7 Å². The molecule has 13 nitrogen and oxygen atoms in total. The number of benzene rings is 2. The molecule has 14 heteroatoms. The first-order valence-corrected chi connectivity index (χ1v) is 15.4. The monoisotopic (exact) mass is 615 g/mol. The largest absolute Gasteiger partial charge is 0.497 e. The molecule has 1 aliphatic rings. The van der Waals surface area contributed by atoms with Gasteiger partial charge < -0.3 is 24.6 Å². The van der Waals surface area contributed by atoms with Gasteiger partial charge in [0.1, 0.15) is 16.4 Å². The average molecular weight is 616 g/mol. The predicted molar refractivity (Wildman–Crippen MR) is 159 cm³/mol. The fourth-order valence-electron chi connectivity index (χ4n) is 4.38. The van der Waals surface area contributed by atoms with Crippen LogP contribution in [0, 0.1) is 12.8 Å². The summed E-state index contributed by atoms with van der Waals surface area (Å²) < 4.78 is 48.0. The number of methoxy groups -OCH3 is 1. The summed E-state index contributed by atoms with van der Waals surface area (Å²) in [5.41, 5.74) is 0.687. The molecule has 43 heavy (non-hydrogen) atoms. The van der Waals surface area contributed by atoms with Gasteiger partial charge in [-0.15, -0.1) is 0 Å². The second-order valence-corrected chi connectivity index (χ2v) is 11.8. The lowest BCUT2D eigenvalue weighted by Crippen LogP contribution is -2.41. The van der Waals surface area contributed by atoms with Gasteiger partial charge in [-0.1, -0.05) is 13.8 Å². The molecule has 1 saturated heterocycles. The number of carboxylic acids is 1. The van der Waals surface area contributed by atoms with E-state index < -0.39 is 16.0 Å². The van der Waals surface area contributed by atoms with Crippen molar-refractivity contribution in [2.75, 3.05) is 51.8 Å². The zero-order valence-electron chi connectivity index (χ0n) is 24.6. The molecule has 1 fully saturated rings. The number of nitrogens with zero attached hydrogens (tertiary/aromatic N) is 3. The Labute approximate surface area is 250 Å². The van der Waals surface area contributed by atoms with Crippen LogP contribution >= 0.6 is 0 Å². The van der Waals surface area contributed by atoms with E-state index in [1.165, 1.54) is 36.9 Å². The van der Waals surface area contributed by atoms with E-state index in [2.05, 4.69) is 20.0 Å². The molecule has 1 aromatic heterocycles. The van der Waals surface area contributed by atoms with Crippen LogP contribution in [0.2, 0.25) is 0 Å². The number of nitrogens with one attached hydrogen (secondary N) is 2. The van der Waals surface area contributed by atoms with E-state index >= 15 is 0 Å². The van der Waals surface area contributed by atoms with Crippen LogP contribution in [0.1, 0.15) is 36.3 Å². The highest BCUT2D eigenvalue weighted by Crippen LogP contribution is 2.35. The fraction of sp³-hybridized carbons (Fsp3) is 0.414.